The second-order valence-corrected chi connectivity index (χ2v) is 8.73. The average Bonchev–Trinajstić information content (AvgIpc) is 2.62. The first-order valence-corrected chi connectivity index (χ1v) is 10.5. The van der Waals surface area contributed by atoms with Crippen LogP contribution in [0, 0.1) is 13.8 Å². The number of pyridine rings is 1. The lowest BCUT2D eigenvalue weighted by Crippen LogP contribution is -2.10. The Balaban J connectivity index is 1.89. The van der Waals surface area contributed by atoms with Crippen LogP contribution in [0.25, 0.3) is 10.9 Å². The van der Waals surface area contributed by atoms with E-state index in [9.17, 15) is 13.2 Å². The van der Waals surface area contributed by atoms with Crippen LogP contribution in [0.1, 0.15) is 27.2 Å². The summed E-state index contributed by atoms with van der Waals surface area (Å²) < 4.78 is 28.8. The second kappa shape index (κ2) is 7.29. The van der Waals surface area contributed by atoms with Crippen LogP contribution in [0.5, 0.6) is 0 Å². The van der Waals surface area contributed by atoms with Crippen molar-refractivity contribution in [2.24, 2.45) is 0 Å². The summed E-state index contributed by atoms with van der Waals surface area (Å²) in [4.78, 5) is 17.0. The first kappa shape index (κ1) is 19.3. The van der Waals surface area contributed by atoms with Crippen molar-refractivity contribution >= 4 is 38.3 Å². The summed E-state index contributed by atoms with van der Waals surface area (Å²) in [6.45, 7) is 3.50. The summed E-state index contributed by atoms with van der Waals surface area (Å²) in [5.41, 5.74) is 2.91. The molecule has 0 aliphatic carbocycles. The number of hydrogen-bond acceptors (Lipinski definition) is 5. The molecule has 0 saturated carbocycles. The van der Waals surface area contributed by atoms with E-state index in [-0.39, 0.29) is 17.1 Å². The third-order valence-corrected chi connectivity index (χ3v) is 5.96. The van der Waals surface area contributed by atoms with Crippen LogP contribution in [0.15, 0.2) is 47.4 Å². The molecule has 0 spiro atoms. The molecule has 1 heterocycles. The Morgan fingerprint density at radius 1 is 1.15 bits per heavy atom. The number of carbonyl (C=O) groups is 1. The minimum absolute atomic E-state index is 0.0674. The molecule has 140 valence electrons. The van der Waals surface area contributed by atoms with E-state index in [4.69, 9.17) is 16.3 Å². The van der Waals surface area contributed by atoms with Crippen LogP contribution in [-0.4, -0.2) is 25.6 Å². The summed E-state index contributed by atoms with van der Waals surface area (Å²) >= 11 is 6.38. The fourth-order valence-electron chi connectivity index (χ4n) is 2.78. The number of sulfone groups is 1. The molecule has 27 heavy (non-hydrogen) atoms. The number of esters is 1. The van der Waals surface area contributed by atoms with E-state index in [0.717, 1.165) is 22.7 Å². The number of aromatic nitrogens is 1. The first-order valence-electron chi connectivity index (χ1n) is 8.20. The highest BCUT2D eigenvalue weighted by molar-refractivity contribution is 7.90. The van der Waals surface area contributed by atoms with Crippen molar-refractivity contribution in [3.8, 4) is 0 Å². The summed E-state index contributed by atoms with van der Waals surface area (Å²) in [6, 6.07) is 11.9. The Kier molecular flexibility index (Phi) is 5.22. The zero-order valence-electron chi connectivity index (χ0n) is 15.1. The normalized spacial score (nSPS) is 11.6. The minimum atomic E-state index is -3.42. The van der Waals surface area contributed by atoms with Gasteiger partial charge >= 0.3 is 5.97 Å². The Morgan fingerprint density at radius 3 is 2.56 bits per heavy atom. The lowest BCUT2D eigenvalue weighted by atomic mass is 10.1. The molecule has 0 atom stereocenters. The number of carbonyl (C=O) groups excluding carboxylic acids is 1. The van der Waals surface area contributed by atoms with Gasteiger partial charge in [0.25, 0.3) is 0 Å². The lowest BCUT2D eigenvalue weighted by Gasteiger charge is -2.12. The molecule has 0 saturated heterocycles. The topological polar surface area (TPSA) is 73.3 Å². The highest BCUT2D eigenvalue weighted by atomic mass is 35.5. The van der Waals surface area contributed by atoms with E-state index in [1.807, 2.05) is 31.2 Å². The molecule has 0 amide bonds. The van der Waals surface area contributed by atoms with E-state index in [0.29, 0.717) is 16.3 Å². The molecular weight excluding hydrogens is 386 g/mol. The van der Waals surface area contributed by atoms with Gasteiger partial charge in [0.2, 0.25) is 0 Å². The standard InChI is InChI=1S/C20H18ClNO4S/c1-12-8-9-14(27(3,24)25)10-16(12)20(23)26-11-18-19(21)13(2)15-6-4-5-7-17(15)22-18/h4-10H,11H2,1-3H3. The van der Waals surface area contributed by atoms with Gasteiger partial charge in [-0.15, -0.1) is 0 Å². The number of halogens is 1. The van der Waals surface area contributed by atoms with Crippen molar-refractivity contribution in [3.05, 3.63) is 69.9 Å². The zero-order valence-corrected chi connectivity index (χ0v) is 16.7. The van der Waals surface area contributed by atoms with Crippen molar-refractivity contribution in [1.82, 2.24) is 4.98 Å². The van der Waals surface area contributed by atoms with E-state index < -0.39 is 15.8 Å². The molecule has 7 heteroatoms. The number of hydrogen-bond donors (Lipinski definition) is 0. The maximum Gasteiger partial charge on any atom is 0.338 e. The SMILES string of the molecule is Cc1ccc(S(C)(=O)=O)cc1C(=O)OCc1nc2ccccc2c(C)c1Cl. The van der Waals surface area contributed by atoms with E-state index >= 15 is 0 Å². The zero-order chi connectivity index (χ0) is 19.8. The van der Waals surface area contributed by atoms with Crippen LogP contribution in [0.2, 0.25) is 5.02 Å². The fourth-order valence-corrected chi connectivity index (χ4v) is 3.62. The van der Waals surface area contributed by atoms with Crippen LogP contribution < -0.4 is 0 Å². The van der Waals surface area contributed by atoms with Crippen LogP contribution >= 0.6 is 11.6 Å². The van der Waals surface area contributed by atoms with Gasteiger partial charge in [-0.25, -0.2) is 18.2 Å². The van der Waals surface area contributed by atoms with Crippen molar-refractivity contribution in [3.63, 3.8) is 0 Å². The van der Waals surface area contributed by atoms with Crippen molar-refractivity contribution < 1.29 is 17.9 Å². The van der Waals surface area contributed by atoms with Gasteiger partial charge in [0.15, 0.2) is 9.84 Å². The molecule has 3 aromatic rings. The number of aryl methyl sites for hydroxylation is 2. The molecule has 0 aliphatic rings. The maximum absolute atomic E-state index is 12.5. The number of para-hydroxylation sites is 1. The maximum atomic E-state index is 12.5. The number of ether oxygens (including phenoxy) is 1. The smallest absolute Gasteiger partial charge is 0.338 e. The third kappa shape index (κ3) is 3.96. The quantitative estimate of drug-likeness (QED) is 0.608. The van der Waals surface area contributed by atoms with Crippen molar-refractivity contribution in [2.45, 2.75) is 25.3 Å². The largest absolute Gasteiger partial charge is 0.456 e. The number of nitrogens with zero attached hydrogens (tertiary/aromatic N) is 1. The van der Waals surface area contributed by atoms with Gasteiger partial charge in [-0.1, -0.05) is 35.9 Å². The predicted octanol–water partition coefficient (Wildman–Crippen LogP) is 4.27. The molecule has 1 aromatic heterocycles. The summed E-state index contributed by atoms with van der Waals surface area (Å²) in [5, 5.41) is 1.39. The Morgan fingerprint density at radius 2 is 1.85 bits per heavy atom. The van der Waals surface area contributed by atoms with Gasteiger partial charge in [0.05, 0.1) is 26.7 Å². The van der Waals surface area contributed by atoms with Gasteiger partial charge in [0, 0.05) is 11.6 Å². The average molecular weight is 404 g/mol. The van der Waals surface area contributed by atoms with Crippen LogP contribution in [0.4, 0.5) is 0 Å². The molecule has 5 nitrogen and oxygen atoms in total. The third-order valence-electron chi connectivity index (χ3n) is 4.34. The van der Waals surface area contributed by atoms with Gasteiger partial charge in [-0.3, -0.25) is 0 Å². The van der Waals surface area contributed by atoms with E-state index in [1.165, 1.54) is 12.1 Å². The van der Waals surface area contributed by atoms with Crippen molar-refractivity contribution in [1.29, 1.82) is 0 Å². The molecule has 0 aliphatic heterocycles. The van der Waals surface area contributed by atoms with E-state index in [2.05, 4.69) is 4.98 Å². The molecule has 0 unspecified atom stereocenters. The first-order chi connectivity index (χ1) is 12.7. The number of fused-ring (bicyclic) bond motifs is 1. The highest BCUT2D eigenvalue weighted by Crippen LogP contribution is 2.27. The summed E-state index contributed by atoms with van der Waals surface area (Å²) in [6.07, 6.45) is 1.09. The number of rotatable bonds is 4. The van der Waals surface area contributed by atoms with Gasteiger partial charge in [-0.2, -0.15) is 0 Å². The van der Waals surface area contributed by atoms with Crippen LogP contribution in [-0.2, 0) is 21.2 Å². The Labute approximate surface area is 162 Å². The molecule has 0 radical (unpaired) electrons. The molecule has 0 fully saturated rings. The molecule has 2 aromatic carbocycles. The van der Waals surface area contributed by atoms with Gasteiger partial charge in [-0.05, 0) is 43.2 Å². The molecule has 0 bridgehead atoms. The predicted molar refractivity (Wildman–Crippen MR) is 105 cm³/mol. The molecule has 3 rings (SSSR count). The Hall–Kier alpha value is -2.44. The molecular formula is C20H18ClNO4S. The molecule has 0 N–H and O–H groups in total. The minimum Gasteiger partial charge on any atom is -0.456 e. The van der Waals surface area contributed by atoms with E-state index in [1.54, 1.807) is 13.0 Å². The highest BCUT2D eigenvalue weighted by Gasteiger charge is 2.17. The lowest BCUT2D eigenvalue weighted by molar-refractivity contribution is 0.0467. The fraction of sp³-hybridized carbons (Fsp3) is 0.200. The van der Waals surface area contributed by atoms with Gasteiger partial charge < -0.3 is 4.74 Å². The van der Waals surface area contributed by atoms with Crippen LogP contribution in [0.3, 0.4) is 0 Å². The summed E-state index contributed by atoms with van der Waals surface area (Å²) in [5.74, 6) is -0.623. The Bertz CT molecular complexity index is 1160. The summed E-state index contributed by atoms with van der Waals surface area (Å²) in [7, 11) is -3.42. The van der Waals surface area contributed by atoms with Gasteiger partial charge in [0.1, 0.15) is 6.61 Å². The number of benzene rings is 2. The second-order valence-electron chi connectivity index (χ2n) is 6.34. The van der Waals surface area contributed by atoms with Crippen molar-refractivity contribution in [2.75, 3.05) is 6.26 Å². The monoisotopic (exact) mass is 403 g/mol.